The molecule has 2 aliphatic rings. The average molecular weight is 387 g/mol. The Bertz CT molecular complexity index is 551. The lowest BCUT2D eigenvalue weighted by Crippen LogP contribution is -2.57. The number of aliphatic hydroxyl groups excluding tert-OH is 3. The summed E-state index contributed by atoms with van der Waals surface area (Å²) in [5.41, 5.74) is 0. The molecule has 0 saturated carbocycles. The van der Waals surface area contributed by atoms with Crippen LogP contribution in [-0.4, -0.2) is 88.6 Å². The van der Waals surface area contributed by atoms with Crippen molar-refractivity contribution in [3.05, 3.63) is 12.2 Å². The molecule has 0 spiro atoms. The Balaban J connectivity index is 1.56. The van der Waals surface area contributed by atoms with Gasteiger partial charge in [0.2, 0.25) is 0 Å². The molecule has 3 N–H and O–H groups in total. The summed E-state index contributed by atoms with van der Waals surface area (Å²) in [5.74, 6) is -0.565. The van der Waals surface area contributed by atoms with Gasteiger partial charge in [-0.2, -0.15) is 0 Å². The Labute approximate surface area is 156 Å². The van der Waals surface area contributed by atoms with Crippen LogP contribution in [0.2, 0.25) is 0 Å². The van der Waals surface area contributed by atoms with E-state index in [2.05, 4.69) is 5.16 Å². The van der Waals surface area contributed by atoms with Gasteiger partial charge in [-0.15, -0.1) is 0 Å². The van der Waals surface area contributed by atoms with Gasteiger partial charge < -0.3 is 24.9 Å². The van der Waals surface area contributed by atoms with Crippen LogP contribution in [0.1, 0.15) is 25.7 Å². The van der Waals surface area contributed by atoms with E-state index in [1.807, 2.05) is 0 Å². The molecule has 1 saturated heterocycles. The lowest BCUT2D eigenvalue weighted by atomic mass is 9.96. The first kappa shape index (κ1) is 21.4. The van der Waals surface area contributed by atoms with E-state index in [1.165, 1.54) is 17.1 Å². The van der Waals surface area contributed by atoms with Crippen molar-refractivity contribution in [2.24, 2.45) is 5.16 Å². The number of hydrogen-bond donors (Lipinski definition) is 3. The Morgan fingerprint density at radius 2 is 1.81 bits per heavy atom. The molecule has 2 amide bonds. The van der Waals surface area contributed by atoms with Gasteiger partial charge in [0.25, 0.3) is 11.8 Å². The first-order chi connectivity index (χ1) is 13.0. The minimum absolute atomic E-state index is 0.283. The first-order valence-corrected chi connectivity index (χ1v) is 8.91. The van der Waals surface area contributed by atoms with E-state index >= 15 is 0 Å². The first-order valence-electron chi connectivity index (χ1n) is 8.91. The number of carbonyl (C=O) groups excluding carboxylic acids is 2. The van der Waals surface area contributed by atoms with Crippen molar-refractivity contribution in [3.63, 3.8) is 0 Å². The summed E-state index contributed by atoms with van der Waals surface area (Å²) in [7, 11) is 0. The van der Waals surface area contributed by atoms with Gasteiger partial charge in [-0.05, 0) is 19.3 Å². The van der Waals surface area contributed by atoms with E-state index < -0.39 is 37.2 Å². The van der Waals surface area contributed by atoms with Crippen LogP contribution in [0.15, 0.2) is 17.3 Å². The Morgan fingerprint density at radius 1 is 1.15 bits per heavy atom. The maximum Gasteiger partial charge on any atom is 0.253 e. The zero-order valence-corrected chi connectivity index (χ0v) is 14.8. The standard InChI is InChI=1S/C17H25FN2O7/c18-15-11(27-12(10-21)16(24)17(15)25)9-19-26-8-4-2-1-3-7-20-13(22)5-6-14(20)23/h5-6,9,11-12,15-17,21,24-25H,1-4,7-8,10H2/i18-1. The van der Waals surface area contributed by atoms with E-state index in [1.54, 1.807) is 0 Å². The predicted octanol–water partition coefficient (Wildman–Crippen LogP) is -0.706. The van der Waals surface area contributed by atoms with E-state index in [4.69, 9.17) is 14.7 Å². The van der Waals surface area contributed by atoms with Crippen LogP contribution >= 0.6 is 0 Å². The van der Waals surface area contributed by atoms with Gasteiger partial charge in [-0.25, -0.2) is 4.39 Å². The fourth-order valence-electron chi connectivity index (χ4n) is 2.83. The summed E-state index contributed by atoms with van der Waals surface area (Å²) in [6.07, 6.45) is -0.781. The third-order valence-corrected chi connectivity index (χ3v) is 4.43. The summed E-state index contributed by atoms with van der Waals surface area (Å²) < 4.78 is 19.0. The second-order valence-electron chi connectivity index (χ2n) is 6.41. The number of imide groups is 1. The number of alkyl halides is 1. The molecule has 0 bridgehead atoms. The minimum atomic E-state index is -1.87. The molecule has 0 aromatic carbocycles. The van der Waals surface area contributed by atoms with Crippen molar-refractivity contribution in [2.75, 3.05) is 19.8 Å². The van der Waals surface area contributed by atoms with Gasteiger partial charge in [0.15, 0.2) is 6.17 Å². The number of halogens is 1. The van der Waals surface area contributed by atoms with Crippen molar-refractivity contribution in [1.82, 2.24) is 4.90 Å². The predicted molar refractivity (Wildman–Crippen MR) is 91.4 cm³/mol. The molecule has 2 rings (SSSR count). The summed E-state index contributed by atoms with van der Waals surface area (Å²) in [6.45, 7) is 0.125. The lowest BCUT2D eigenvalue weighted by molar-refractivity contribution is -0.193. The van der Waals surface area contributed by atoms with Crippen LogP contribution < -0.4 is 0 Å². The zero-order valence-electron chi connectivity index (χ0n) is 14.8. The maximum atomic E-state index is 13.9. The van der Waals surface area contributed by atoms with Crippen molar-refractivity contribution >= 4 is 18.0 Å². The molecule has 0 aromatic heterocycles. The molecule has 5 unspecified atom stereocenters. The maximum absolute atomic E-state index is 13.9. The lowest BCUT2D eigenvalue weighted by Gasteiger charge is -2.37. The molecule has 0 aliphatic carbocycles. The number of oxime groups is 1. The smallest absolute Gasteiger partial charge is 0.253 e. The highest BCUT2D eigenvalue weighted by Gasteiger charge is 2.44. The molecular weight excluding hydrogens is 362 g/mol. The number of nitrogens with zero attached hydrogens (tertiary/aromatic N) is 2. The number of ether oxygens (including phenoxy) is 1. The van der Waals surface area contributed by atoms with Crippen molar-refractivity contribution < 1.29 is 38.9 Å². The summed E-state index contributed by atoms with van der Waals surface area (Å²) in [4.78, 5) is 28.9. The van der Waals surface area contributed by atoms with E-state index in [9.17, 15) is 24.2 Å². The quantitative estimate of drug-likeness (QED) is 0.196. The summed E-state index contributed by atoms with van der Waals surface area (Å²) >= 11 is 0. The van der Waals surface area contributed by atoms with Crippen LogP contribution in [0.5, 0.6) is 0 Å². The molecule has 0 aromatic rings. The molecule has 27 heavy (non-hydrogen) atoms. The van der Waals surface area contributed by atoms with E-state index in [-0.39, 0.29) is 18.4 Å². The SMILES string of the molecule is O=C1C=CC(=O)N1CCCCCCON=CC1OC(CO)C(O)C(O)C1[18F]. The number of aliphatic hydroxyl groups is 3. The Hall–Kier alpha value is -1.88. The Kier molecular flexibility index (Phi) is 8.29. The summed E-state index contributed by atoms with van der Waals surface area (Å²) in [5, 5.41) is 31.8. The summed E-state index contributed by atoms with van der Waals surface area (Å²) in [6, 6.07) is 0. The molecular formula is C17H25FN2O7. The highest BCUT2D eigenvalue weighted by Crippen LogP contribution is 2.22. The van der Waals surface area contributed by atoms with Crippen molar-refractivity contribution in [1.29, 1.82) is 0 Å². The topological polar surface area (TPSA) is 129 Å². The number of carbonyl (C=O) groups is 2. The average Bonchev–Trinajstić information content (AvgIpc) is 2.98. The third-order valence-electron chi connectivity index (χ3n) is 4.43. The van der Waals surface area contributed by atoms with Crippen LogP contribution in [-0.2, 0) is 19.2 Å². The monoisotopic (exact) mass is 387 g/mol. The van der Waals surface area contributed by atoms with Gasteiger partial charge in [0, 0.05) is 18.7 Å². The molecule has 152 valence electrons. The molecule has 2 aliphatic heterocycles. The molecule has 10 heteroatoms. The third kappa shape index (κ3) is 5.80. The molecule has 5 atom stereocenters. The number of hydrogen-bond acceptors (Lipinski definition) is 8. The van der Waals surface area contributed by atoms with E-state index in [0.29, 0.717) is 19.4 Å². The second kappa shape index (κ2) is 10.5. The minimum Gasteiger partial charge on any atom is -0.396 e. The van der Waals surface area contributed by atoms with Crippen LogP contribution in [0.3, 0.4) is 0 Å². The van der Waals surface area contributed by atoms with Crippen molar-refractivity contribution in [3.8, 4) is 0 Å². The van der Waals surface area contributed by atoms with Crippen LogP contribution in [0, 0.1) is 0 Å². The van der Waals surface area contributed by atoms with Crippen molar-refractivity contribution in [2.45, 2.75) is 56.3 Å². The second-order valence-corrected chi connectivity index (χ2v) is 6.41. The fourth-order valence-corrected chi connectivity index (χ4v) is 2.83. The zero-order chi connectivity index (χ0) is 19.8. The molecule has 0 radical (unpaired) electrons. The molecule has 1 fully saturated rings. The highest BCUT2D eigenvalue weighted by molar-refractivity contribution is 6.12. The van der Waals surface area contributed by atoms with Gasteiger partial charge in [0.1, 0.15) is 31.0 Å². The van der Waals surface area contributed by atoms with Gasteiger partial charge in [0.05, 0.1) is 12.8 Å². The molecule has 2 heterocycles. The van der Waals surface area contributed by atoms with Crippen LogP contribution in [0.4, 0.5) is 4.39 Å². The highest BCUT2D eigenvalue weighted by atomic mass is 18.2. The number of unbranched alkanes of at least 4 members (excludes halogenated alkanes) is 3. The molecule has 9 nitrogen and oxygen atoms in total. The van der Waals surface area contributed by atoms with Gasteiger partial charge in [-0.1, -0.05) is 11.6 Å². The van der Waals surface area contributed by atoms with Gasteiger partial charge in [-0.3, -0.25) is 14.5 Å². The number of amides is 2. The van der Waals surface area contributed by atoms with E-state index in [0.717, 1.165) is 19.1 Å². The fraction of sp³-hybridized carbons (Fsp3) is 0.706. The van der Waals surface area contributed by atoms with Gasteiger partial charge >= 0.3 is 0 Å². The largest absolute Gasteiger partial charge is 0.396 e. The Morgan fingerprint density at radius 3 is 2.48 bits per heavy atom. The number of rotatable bonds is 10. The van der Waals surface area contributed by atoms with Crippen LogP contribution in [0.25, 0.3) is 0 Å². The normalized spacial score (nSPS) is 31.3.